The highest BCUT2D eigenvalue weighted by Gasteiger charge is 2.29. The van der Waals surface area contributed by atoms with Gasteiger partial charge in [0.05, 0.1) is 12.2 Å². The van der Waals surface area contributed by atoms with Crippen molar-refractivity contribution in [2.75, 3.05) is 6.61 Å². The molecule has 34 heavy (non-hydrogen) atoms. The van der Waals surface area contributed by atoms with E-state index in [1.807, 2.05) is 6.07 Å². The second kappa shape index (κ2) is 9.27. The van der Waals surface area contributed by atoms with Crippen LogP contribution in [0.25, 0.3) is 0 Å². The predicted octanol–water partition coefficient (Wildman–Crippen LogP) is 4.79. The molecule has 1 saturated carbocycles. The van der Waals surface area contributed by atoms with Gasteiger partial charge in [-0.05, 0) is 54.5 Å². The average molecular weight is 503 g/mol. The minimum Gasteiger partial charge on any atom is -0.452 e. The topological polar surface area (TPSA) is 77.7 Å². The van der Waals surface area contributed by atoms with Crippen LogP contribution in [0.3, 0.4) is 0 Å². The smallest absolute Gasteiger partial charge is 0.281 e. The van der Waals surface area contributed by atoms with E-state index in [1.54, 1.807) is 24.3 Å². The Morgan fingerprint density at radius 1 is 1.24 bits per heavy atom. The molecule has 1 atom stereocenters. The van der Waals surface area contributed by atoms with Crippen molar-refractivity contribution in [2.45, 2.75) is 31.2 Å². The fourth-order valence-corrected chi connectivity index (χ4v) is 4.37. The van der Waals surface area contributed by atoms with Gasteiger partial charge in [0.1, 0.15) is 12.2 Å². The maximum Gasteiger partial charge on any atom is 0.281 e. The molecule has 2 aliphatic rings. The number of rotatable bonds is 6. The molecule has 7 nitrogen and oxygen atoms in total. The summed E-state index contributed by atoms with van der Waals surface area (Å²) in [6.45, 7) is 0.266. The number of aromatic nitrogens is 2. The summed E-state index contributed by atoms with van der Waals surface area (Å²) in [6, 6.07) is 10.1. The first-order chi connectivity index (χ1) is 16.4. The normalized spacial score (nSPS) is 17.5. The third-order valence-electron chi connectivity index (χ3n) is 5.82. The van der Waals surface area contributed by atoms with Crippen molar-refractivity contribution in [1.29, 1.82) is 0 Å². The first-order valence-electron chi connectivity index (χ1n) is 10.8. The van der Waals surface area contributed by atoms with Gasteiger partial charge in [-0.2, -0.15) is 5.10 Å². The number of hydrogen-bond donors (Lipinski definition) is 1. The highest BCUT2D eigenvalue weighted by molar-refractivity contribution is 6.35. The molecule has 0 spiro atoms. The molecule has 2 heterocycles. The molecular formula is C24H21Cl2FN4O3. The van der Waals surface area contributed by atoms with Gasteiger partial charge in [-0.3, -0.25) is 4.79 Å². The van der Waals surface area contributed by atoms with Crippen molar-refractivity contribution in [1.82, 2.24) is 15.1 Å². The Morgan fingerprint density at radius 2 is 2.06 bits per heavy atom. The summed E-state index contributed by atoms with van der Waals surface area (Å²) >= 11 is 12.3. The van der Waals surface area contributed by atoms with E-state index in [0.29, 0.717) is 22.0 Å². The summed E-state index contributed by atoms with van der Waals surface area (Å²) in [6.07, 6.45) is 3.78. The molecule has 1 aliphatic carbocycles. The molecule has 1 aromatic heterocycles. The quantitative estimate of drug-likeness (QED) is 0.524. The highest BCUT2D eigenvalue weighted by atomic mass is 35.5. The minimum absolute atomic E-state index is 0.0301. The van der Waals surface area contributed by atoms with E-state index in [1.165, 1.54) is 19.3 Å². The lowest BCUT2D eigenvalue weighted by Crippen LogP contribution is -2.46. The molecule has 1 aliphatic heterocycles. The summed E-state index contributed by atoms with van der Waals surface area (Å²) in [5.41, 5.74) is 1.12. The first-order valence-corrected chi connectivity index (χ1v) is 11.6. The van der Waals surface area contributed by atoms with Crippen molar-refractivity contribution < 1.29 is 14.0 Å². The van der Waals surface area contributed by atoms with Crippen molar-refractivity contribution in [3.05, 3.63) is 85.5 Å². The van der Waals surface area contributed by atoms with Crippen molar-refractivity contribution >= 4 is 29.0 Å². The largest absolute Gasteiger partial charge is 0.452 e. The van der Waals surface area contributed by atoms with Gasteiger partial charge in [0.15, 0.2) is 23.2 Å². The number of nitrogens with zero attached hydrogens (tertiary/aromatic N) is 3. The van der Waals surface area contributed by atoms with Gasteiger partial charge in [-0.15, -0.1) is 0 Å². The zero-order valence-corrected chi connectivity index (χ0v) is 19.7. The number of aryl methyl sites for hydroxylation is 1. The van der Waals surface area contributed by atoms with Gasteiger partial charge in [0.2, 0.25) is 0 Å². The molecule has 0 radical (unpaired) electrons. The van der Waals surface area contributed by atoms with Gasteiger partial charge >= 0.3 is 0 Å². The maximum atomic E-state index is 15.1. The number of amidine groups is 1. The zero-order valence-electron chi connectivity index (χ0n) is 18.2. The first kappa shape index (κ1) is 22.7. The van der Waals surface area contributed by atoms with Crippen molar-refractivity contribution in [2.24, 2.45) is 12.2 Å². The molecule has 1 N–H and O–H groups in total. The Kier molecular flexibility index (Phi) is 6.18. The van der Waals surface area contributed by atoms with Crippen LogP contribution in [0, 0.1) is 5.82 Å². The van der Waals surface area contributed by atoms with Crippen LogP contribution in [0.4, 0.5) is 4.39 Å². The summed E-state index contributed by atoms with van der Waals surface area (Å²) in [5, 5.41) is 12.4. The number of oxime groups is 1. The van der Waals surface area contributed by atoms with E-state index in [-0.39, 0.29) is 41.5 Å². The van der Waals surface area contributed by atoms with Crippen LogP contribution >= 0.6 is 23.2 Å². The second-order valence-corrected chi connectivity index (χ2v) is 9.21. The van der Waals surface area contributed by atoms with Gasteiger partial charge in [-0.1, -0.05) is 46.6 Å². The molecule has 0 amide bonds. The van der Waals surface area contributed by atoms with Gasteiger partial charge < -0.3 is 14.9 Å². The van der Waals surface area contributed by atoms with Crippen LogP contribution in [0.1, 0.15) is 35.4 Å². The number of benzene rings is 2. The van der Waals surface area contributed by atoms with Gasteiger partial charge in [-0.25, -0.2) is 9.07 Å². The third kappa shape index (κ3) is 4.60. The Bertz CT molecular complexity index is 1340. The number of halogens is 3. The van der Waals surface area contributed by atoms with E-state index in [9.17, 15) is 4.79 Å². The van der Waals surface area contributed by atoms with Crippen LogP contribution < -0.4 is 15.6 Å². The van der Waals surface area contributed by atoms with E-state index in [4.69, 9.17) is 32.8 Å². The summed E-state index contributed by atoms with van der Waals surface area (Å²) < 4.78 is 22.1. The molecule has 176 valence electrons. The molecule has 5 rings (SSSR count). The lowest BCUT2D eigenvalue weighted by molar-refractivity contribution is 0.109. The van der Waals surface area contributed by atoms with Crippen molar-refractivity contribution in [3.63, 3.8) is 0 Å². The average Bonchev–Trinajstić information content (AvgIpc) is 3.65. The Balaban J connectivity index is 1.44. The van der Waals surface area contributed by atoms with Crippen LogP contribution in [0.15, 0.2) is 52.5 Å². The number of hydrogen-bond acceptors (Lipinski definition) is 6. The Morgan fingerprint density at radius 3 is 2.82 bits per heavy atom. The lowest BCUT2D eigenvalue weighted by atomic mass is 10.1. The number of nitrogens with one attached hydrogen (secondary N) is 1. The standard InChI is InChI=1S/C24H21Cl2FN4O3/c1-31-24(32)21(20(11-28-31)34-19-4-2-3-17(22(19)27)13-5-6-13)23-29-16(12-33-30-23)9-14-7-8-15(25)10-18(14)26/h2-4,7-8,10-11,13,16H,5-6,9,12H2,1H3,(H,29,30). The molecule has 2 aromatic carbocycles. The molecule has 1 unspecified atom stereocenters. The van der Waals surface area contributed by atoms with Gasteiger partial charge in [0, 0.05) is 17.1 Å². The fourth-order valence-electron chi connectivity index (χ4n) is 3.89. The molecule has 1 fully saturated rings. The van der Waals surface area contributed by atoms with Crippen LogP contribution in [0.5, 0.6) is 11.5 Å². The van der Waals surface area contributed by atoms with Crippen LogP contribution in [0.2, 0.25) is 10.0 Å². The summed E-state index contributed by atoms with van der Waals surface area (Å²) in [7, 11) is 1.51. The van der Waals surface area contributed by atoms with Gasteiger partial charge in [0.25, 0.3) is 5.56 Å². The second-order valence-electron chi connectivity index (χ2n) is 8.37. The predicted molar refractivity (Wildman–Crippen MR) is 128 cm³/mol. The Labute approximate surface area is 205 Å². The fraction of sp³-hybridized carbons (Fsp3) is 0.292. The highest BCUT2D eigenvalue weighted by Crippen LogP contribution is 2.43. The zero-order chi connectivity index (χ0) is 23.8. The van der Waals surface area contributed by atoms with E-state index in [2.05, 4.69) is 15.6 Å². The van der Waals surface area contributed by atoms with E-state index >= 15 is 4.39 Å². The molecule has 3 aromatic rings. The lowest BCUT2D eigenvalue weighted by Gasteiger charge is -2.25. The molecular weight excluding hydrogens is 482 g/mol. The van der Waals surface area contributed by atoms with Crippen molar-refractivity contribution in [3.8, 4) is 11.5 Å². The third-order valence-corrected chi connectivity index (χ3v) is 6.41. The number of ether oxygens (including phenoxy) is 1. The summed E-state index contributed by atoms with van der Waals surface area (Å²) in [4.78, 5) is 18.4. The molecule has 0 bridgehead atoms. The van der Waals surface area contributed by atoms with Crippen LogP contribution in [-0.2, 0) is 18.3 Å². The SMILES string of the molecule is Cn1ncc(Oc2cccc(C3CC3)c2F)c(C2=NOCC(Cc3ccc(Cl)cc3Cl)N2)c1=O. The Hall–Kier alpha value is -3.10. The van der Waals surface area contributed by atoms with E-state index < -0.39 is 11.4 Å². The van der Waals surface area contributed by atoms with Crippen LogP contribution in [-0.4, -0.2) is 28.3 Å². The summed E-state index contributed by atoms with van der Waals surface area (Å²) in [5.74, 6) is 0.0697. The molecule has 0 saturated heterocycles. The molecule has 10 heteroatoms. The monoisotopic (exact) mass is 502 g/mol. The van der Waals surface area contributed by atoms with E-state index in [0.717, 1.165) is 23.1 Å². The maximum absolute atomic E-state index is 15.1. The minimum atomic E-state index is -0.462.